The van der Waals surface area contributed by atoms with Crippen LogP contribution in [0.1, 0.15) is 0 Å². The summed E-state index contributed by atoms with van der Waals surface area (Å²) in [5, 5.41) is 4.00. The van der Waals surface area contributed by atoms with Crippen molar-refractivity contribution in [1.82, 2.24) is 10.0 Å². The van der Waals surface area contributed by atoms with E-state index in [1.165, 1.54) is 0 Å². The van der Waals surface area contributed by atoms with Crippen LogP contribution in [0.4, 0.5) is 0 Å². The molecule has 0 rings (SSSR count). The SMILES string of the molecule is CN(C)N(C)C. The van der Waals surface area contributed by atoms with Gasteiger partial charge in [-0.05, 0) is 0 Å². The molecule has 38 valence electrons. The van der Waals surface area contributed by atoms with E-state index in [1.807, 2.05) is 38.2 Å². The van der Waals surface area contributed by atoms with Gasteiger partial charge in [0.15, 0.2) is 0 Å². The molecule has 0 aromatic carbocycles. The van der Waals surface area contributed by atoms with E-state index in [2.05, 4.69) is 0 Å². The predicted molar refractivity (Wildman–Crippen MR) is 27.4 cm³/mol. The first-order chi connectivity index (χ1) is 2.64. The van der Waals surface area contributed by atoms with Crippen LogP contribution in [0.15, 0.2) is 0 Å². The quantitative estimate of drug-likeness (QED) is 0.417. The lowest BCUT2D eigenvalue weighted by Crippen LogP contribution is -2.28. The van der Waals surface area contributed by atoms with E-state index in [1.54, 1.807) is 0 Å². The zero-order valence-electron chi connectivity index (χ0n) is 4.89. The summed E-state index contributed by atoms with van der Waals surface area (Å²) >= 11 is 0. The van der Waals surface area contributed by atoms with Gasteiger partial charge in [0.05, 0.1) is 0 Å². The molecular formula is C4H12N2. The maximum atomic E-state index is 2.00. The van der Waals surface area contributed by atoms with Gasteiger partial charge < -0.3 is 0 Å². The van der Waals surface area contributed by atoms with Gasteiger partial charge in [0, 0.05) is 28.2 Å². The van der Waals surface area contributed by atoms with Crippen molar-refractivity contribution in [2.75, 3.05) is 28.2 Å². The number of hydrazine groups is 1. The molecule has 0 bridgehead atoms. The monoisotopic (exact) mass is 88.1 g/mol. The Hall–Kier alpha value is -0.0800. The lowest BCUT2D eigenvalue weighted by molar-refractivity contribution is 0.0894. The van der Waals surface area contributed by atoms with E-state index in [-0.39, 0.29) is 0 Å². The Morgan fingerprint density at radius 3 is 0.833 bits per heavy atom. The summed E-state index contributed by atoms with van der Waals surface area (Å²) in [6, 6.07) is 0. The Morgan fingerprint density at radius 2 is 0.833 bits per heavy atom. The molecular weight excluding hydrogens is 76.1 g/mol. The molecule has 0 aromatic rings. The second-order valence-electron chi connectivity index (χ2n) is 1.69. The molecule has 0 saturated carbocycles. The highest BCUT2D eigenvalue weighted by molar-refractivity contribution is 4.21. The van der Waals surface area contributed by atoms with E-state index < -0.39 is 0 Å². The molecule has 0 heterocycles. The van der Waals surface area contributed by atoms with Crippen molar-refractivity contribution in [3.05, 3.63) is 0 Å². The van der Waals surface area contributed by atoms with Crippen molar-refractivity contribution in [3.8, 4) is 0 Å². The van der Waals surface area contributed by atoms with Crippen LogP contribution in [0.3, 0.4) is 0 Å². The maximum absolute atomic E-state index is 2.00. The third kappa shape index (κ3) is 2.18. The largest absolute Gasteiger partial charge is 0.248 e. The smallest absolute Gasteiger partial charge is 0.00151 e. The third-order valence-electron chi connectivity index (χ3n) is 0.800. The highest BCUT2D eigenvalue weighted by Crippen LogP contribution is 1.72. The summed E-state index contributed by atoms with van der Waals surface area (Å²) in [7, 11) is 8.00. The normalized spacial score (nSPS) is 11.0. The molecule has 0 saturated heterocycles. The van der Waals surface area contributed by atoms with Crippen LogP contribution in [-0.2, 0) is 0 Å². The van der Waals surface area contributed by atoms with Crippen LogP contribution in [-0.4, -0.2) is 38.2 Å². The summed E-state index contributed by atoms with van der Waals surface area (Å²) < 4.78 is 0. The second-order valence-corrected chi connectivity index (χ2v) is 1.69. The van der Waals surface area contributed by atoms with Crippen LogP contribution < -0.4 is 0 Å². The molecule has 0 aliphatic carbocycles. The summed E-state index contributed by atoms with van der Waals surface area (Å²) in [6.45, 7) is 0. The van der Waals surface area contributed by atoms with E-state index in [4.69, 9.17) is 0 Å². The first-order valence-corrected chi connectivity index (χ1v) is 1.99. The summed E-state index contributed by atoms with van der Waals surface area (Å²) in [5.74, 6) is 0. The fraction of sp³-hybridized carbons (Fsp3) is 1.00. The average Bonchev–Trinajstić information content (AvgIpc) is 1.36. The van der Waals surface area contributed by atoms with Gasteiger partial charge in [-0.2, -0.15) is 0 Å². The number of hydrogen-bond donors (Lipinski definition) is 0. The summed E-state index contributed by atoms with van der Waals surface area (Å²) in [6.07, 6.45) is 0. The zero-order chi connectivity index (χ0) is 5.15. The second kappa shape index (κ2) is 2.16. The van der Waals surface area contributed by atoms with Crippen molar-refractivity contribution in [2.45, 2.75) is 0 Å². The van der Waals surface area contributed by atoms with Crippen LogP contribution in [0.25, 0.3) is 0 Å². The van der Waals surface area contributed by atoms with Crippen molar-refractivity contribution >= 4 is 0 Å². The minimum Gasteiger partial charge on any atom is -0.248 e. The third-order valence-corrected chi connectivity index (χ3v) is 0.800. The minimum atomic E-state index is 2.00. The molecule has 0 aliphatic heterocycles. The Bertz CT molecular complexity index is 26.5. The molecule has 0 spiro atoms. The van der Waals surface area contributed by atoms with Gasteiger partial charge >= 0.3 is 0 Å². The highest BCUT2D eigenvalue weighted by atomic mass is 15.6. The van der Waals surface area contributed by atoms with E-state index in [0.717, 1.165) is 0 Å². The molecule has 0 aromatic heterocycles. The van der Waals surface area contributed by atoms with Gasteiger partial charge in [-0.25, -0.2) is 10.0 Å². The number of rotatable bonds is 1. The molecule has 2 heteroatoms. The van der Waals surface area contributed by atoms with Gasteiger partial charge in [0.25, 0.3) is 0 Å². The Morgan fingerprint density at radius 1 is 0.667 bits per heavy atom. The Labute approximate surface area is 39.3 Å². The van der Waals surface area contributed by atoms with E-state index >= 15 is 0 Å². The van der Waals surface area contributed by atoms with E-state index in [9.17, 15) is 0 Å². The van der Waals surface area contributed by atoms with E-state index in [0.29, 0.717) is 0 Å². The number of hydrogen-bond acceptors (Lipinski definition) is 2. The van der Waals surface area contributed by atoms with Crippen molar-refractivity contribution < 1.29 is 0 Å². The topological polar surface area (TPSA) is 6.48 Å². The summed E-state index contributed by atoms with van der Waals surface area (Å²) in [5.41, 5.74) is 0. The molecule has 0 amide bonds. The van der Waals surface area contributed by atoms with Gasteiger partial charge in [0.2, 0.25) is 0 Å². The molecule has 2 nitrogen and oxygen atoms in total. The molecule has 0 aliphatic rings. The van der Waals surface area contributed by atoms with Gasteiger partial charge in [-0.1, -0.05) is 0 Å². The van der Waals surface area contributed by atoms with Crippen LogP contribution in [0.5, 0.6) is 0 Å². The molecule has 0 N–H and O–H groups in total. The molecule has 0 atom stereocenters. The Balaban J connectivity index is 2.99. The van der Waals surface area contributed by atoms with Crippen LogP contribution in [0.2, 0.25) is 0 Å². The lowest BCUT2D eigenvalue weighted by atomic mass is 11.0. The molecule has 6 heavy (non-hydrogen) atoms. The first-order valence-electron chi connectivity index (χ1n) is 1.99. The summed E-state index contributed by atoms with van der Waals surface area (Å²) in [4.78, 5) is 0. The predicted octanol–water partition coefficient (Wildman–Crippen LogP) is 0.0246. The average molecular weight is 88.2 g/mol. The lowest BCUT2D eigenvalue weighted by Gasteiger charge is -2.17. The minimum absolute atomic E-state index is 2.00. The van der Waals surface area contributed by atoms with Gasteiger partial charge in [0.1, 0.15) is 0 Å². The van der Waals surface area contributed by atoms with Crippen molar-refractivity contribution in [1.29, 1.82) is 0 Å². The standard InChI is InChI=1S/C4H12N2/c1-5(2)6(3)4/h1-4H3. The fourth-order valence-corrected chi connectivity index (χ4v) is 0. The van der Waals surface area contributed by atoms with Crippen molar-refractivity contribution in [3.63, 3.8) is 0 Å². The zero-order valence-corrected chi connectivity index (χ0v) is 4.89. The van der Waals surface area contributed by atoms with Crippen molar-refractivity contribution in [2.24, 2.45) is 0 Å². The van der Waals surface area contributed by atoms with Crippen LogP contribution in [0, 0.1) is 0 Å². The maximum Gasteiger partial charge on any atom is 0.00151 e. The number of nitrogens with zero attached hydrogens (tertiary/aromatic N) is 2. The van der Waals surface area contributed by atoms with Crippen LogP contribution >= 0.6 is 0 Å². The first kappa shape index (κ1) is 5.92. The molecule has 0 radical (unpaired) electrons. The van der Waals surface area contributed by atoms with Gasteiger partial charge in [-0.3, -0.25) is 0 Å². The molecule has 0 fully saturated rings. The Kier molecular flexibility index (Phi) is 2.13. The highest BCUT2D eigenvalue weighted by Gasteiger charge is 1.84. The van der Waals surface area contributed by atoms with Gasteiger partial charge in [-0.15, -0.1) is 0 Å². The molecule has 0 unspecified atom stereocenters. The fourth-order valence-electron chi connectivity index (χ4n) is 0.